The van der Waals surface area contributed by atoms with Crippen molar-refractivity contribution in [3.8, 4) is 0 Å². The van der Waals surface area contributed by atoms with Crippen molar-refractivity contribution in [2.45, 2.75) is 24.0 Å². The Kier molecular flexibility index (Phi) is 5.89. The van der Waals surface area contributed by atoms with Gasteiger partial charge in [-0.05, 0) is 18.4 Å². The van der Waals surface area contributed by atoms with Crippen LogP contribution in [0.1, 0.15) is 24.3 Å². The average molecular weight is 315 g/mol. The maximum absolute atomic E-state index is 5.39. The lowest BCUT2D eigenvalue weighted by molar-refractivity contribution is 0.1000. The predicted molar refractivity (Wildman–Crippen MR) is 79.3 cm³/mol. The van der Waals surface area contributed by atoms with Gasteiger partial charge in [0.2, 0.25) is 0 Å². The van der Waals surface area contributed by atoms with Crippen LogP contribution in [0.2, 0.25) is 0 Å². The van der Waals surface area contributed by atoms with E-state index >= 15 is 0 Å². The summed E-state index contributed by atoms with van der Waals surface area (Å²) in [6, 6.07) is 10.8. The Bertz CT molecular complexity index is 311. The summed E-state index contributed by atoms with van der Waals surface area (Å²) in [4.78, 5) is 0. The molecule has 0 spiro atoms. The molecule has 0 amide bonds. The molecule has 3 heteroatoms. The van der Waals surface area contributed by atoms with Gasteiger partial charge < -0.3 is 4.74 Å². The molecule has 1 aromatic carbocycles. The highest BCUT2D eigenvalue weighted by atomic mass is 79.9. The first-order valence-corrected chi connectivity index (χ1v) is 8.37. The molecule has 1 aliphatic rings. The lowest BCUT2D eigenvalue weighted by atomic mass is 10.0. The number of hydrogen-bond donors (Lipinski definition) is 0. The number of ether oxygens (including phenoxy) is 1. The molecule has 0 saturated carbocycles. The van der Waals surface area contributed by atoms with Crippen LogP contribution in [-0.4, -0.2) is 29.5 Å². The molecule has 1 atom stereocenters. The highest BCUT2D eigenvalue weighted by Crippen LogP contribution is 2.29. The van der Waals surface area contributed by atoms with Crippen LogP contribution in [0.4, 0.5) is 0 Å². The summed E-state index contributed by atoms with van der Waals surface area (Å²) in [7, 11) is 0. The van der Waals surface area contributed by atoms with Gasteiger partial charge in [-0.1, -0.05) is 46.3 Å². The first-order chi connectivity index (χ1) is 8.40. The maximum atomic E-state index is 5.39. The molecular weight excluding hydrogens is 296 g/mol. The van der Waals surface area contributed by atoms with E-state index in [4.69, 9.17) is 4.74 Å². The van der Waals surface area contributed by atoms with Crippen molar-refractivity contribution in [3.05, 3.63) is 35.9 Å². The Balaban J connectivity index is 1.83. The van der Waals surface area contributed by atoms with Crippen LogP contribution in [0.25, 0.3) is 0 Å². The lowest BCUT2D eigenvalue weighted by Gasteiger charge is -2.23. The highest BCUT2D eigenvalue weighted by molar-refractivity contribution is 9.09. The Morgan fingerprint density at radius 3 is 2.59 bits per heavy atom. The van der Waals surface area contributed by atoms with Gasteiger partial charge in [0.05, 0.1) is 0 Å². The third-order valence-corrected chi connectivity index (χ3v) is 5.48. The maximum Gasteiger partial charge on any atom is 0.0476 e. The topological polar surface area (TPSA) is 9.23 Å². The molecule has 1 aliphatic heterocycles. The number of alkyl halides is 1. The molecule has 1 nitrogen and oxygen atoms in total. The predicted octanol–water partition coefficient (Wildman–Crippen LogP) is 4.08. The van der Waals surface area contributed by atoms with Crippen molar-refractivity contribution < 1.29 is 4.74 Å². The molecule has 1 fully saturated rings. The molecule has 94 valence electrons. The molecule has 1 saturated heterocycles. The van der Waals surface area contributed by atoms with Gasteiger partial charge >= 0.3 is 0 Å². The number of hydrogen-bond acceptors (Lipinski definition) is 2. The first-order valence-electron chi connectivity index (χ1n) is 6.20. The molecule has 0 aliphatic carbocycles. The van der Waals surface area contributed by atoms with Gasteiger partial charge in [0.15, 0.2) is 0 Å². The van der Waals surface area contributed by atoms with E-state index in [2.05, 4.69) is 58.0 Å². The van der Waals surface area contributed by atoms with Gasteiger partial charge in [-0.25, -0.2) is 0 Å². The summed E-state index contributed by atoms with van der Waals surface area (Å²) >= 11 is 5.75. The van der Waals surface area contributed by atoms with Crippen LogP contribution in [0.15, 0.2) is 30.3 Å². The molecule has 17 heavy (non-hydrogen) atoms. The third kappa shape index (κ3) is 4.31. The van der Waals surface area contributed by atoms with Gasteiger partial charge in [0.25, 0.3) is 0 Å². The molecule has 2 rings (SSSR count). The van der Waals surface area contributed by atoms with Crippen LogP contribution in [-0.2, 0) is 4.74 Å². The SMILES string of the molecule is BrCC(CSC1CCOCC1)c1ccccc1. The summed E-state index contributed by atoms with van der Waals surface area (Å²) in [5, 5.41) is 1.85. The number of thioether (sulfide) groups is 1. The van der Waals surface area contributed by atoms with Crippen LogP contribution >= 0.6 is 27.7 Å². The van der Waals surface area contributed by atoms with Crippen LogP contribution in [0.3, 0.4) is 0 Å². The van der Waals surface area contributed by atoms with Crippen molar-refractivity contribution >= 4 is 27.7 Å². The minimum Gasteiger partial charge on any atom is -0.381 e. The Morgan fingerprint density at radius 1 is 1.24 bits per heavy atom. The summed E-state index contributed by atoms with van der Waals surface area (Å²) in [5.74, 6) is 1.84. The lowest BCUT2D eigenvalue weighted by Crippen LogP contribution is -2.19. The minimum absolute atomic E-state index is 0.629. The van der Waals surface area contributed by atoms with Crippen LogP contribution in [0.5, 0.6) is 0 Å². The number of halogens is 1. The fourth-order valence-electron chi connectivity index (χ4n) is 2.05. The van der Waals surface area contributed by atoms with E-state index in [-0.39, 0.29) is 0 Å². The fourth-order valence-corrected chi connectivity index (χ4v) is 4.30. The molecule has 0 bridgehead atoms. The van der Waals surface area contributed by atoms with E-state index in [0.717, 1.165) is 23.8 Å². The molecule has 0 N–H and O–H groups in total. The zero-order valence-electron chi connectivity index (χ0n) is 9.98. The zero-order chi connectivity index (χ0) is 11.9. The van der Waals surface area contributed by atoms with Crippen LogP contribution in [0, 0.1) is 0 Å². The Morgan fingerprint density at radius 2 is 1.94 bits per heavy atom. The van der Waals surface area contributed by atoms with E-state index in [1.165, 1.54) is 24.2 Å². The second kappa shape index (κ2) is 7.45. The third-order valence-electron chi connectivity index (χ3n) is 3.16. The van der Waals surface area contributed by atoms with E-state index in [1.807, 2.05) is 0 Å². The van der Waals surface area contributed by atoms with Crippen molar-refractivity contribution in [1.82, 2.24) is 0 Å². The molecule has 0 aromatic heterocycles. The van der Waals surface area contributed by atoms with Crippen LogP contribution < -0.4 is 0 Å². The summed E-state index contributed by atoms with van der Waals surface area (Å²) in [6.07, 6.45) is 2.43. The molecule has 0 radical (unpaired) electrons. The summed E-state index contributed by atoms with van der Waals surface area (Å²) in [5.41, 5.74) is 1.45. The zero-order valence-corrected chi connectivity index (χ0v) is 12.4. The standard InChI is InChI=1S/C14H19BrOS/c15-10-13(12-4-2-1-3-5-12)11-17-14-6-8-16-9-7-14/h1-5,13-14H,6-11H2. The van der Waals surface area contributed by atoms with Gasteiger partial charge in [0.1, 0.15) is 0 Å². The van der Waals surface area contributed by atoms with E-state index in [0.29, 0.717) is 5.92 Å². The smallest absolute Gasteiger partial charge is 0.0476 e. The minimum atomic E-state index is 0.629. The van der Waals surface area contributed by atoms with Gasteiger partial charge in [-0.3, -0.25) is 0 Å². The first kappa shape index (κ1) is 13.4. The number of benzene rings is 1. The van der Waals surface area contributed by atoms with Gasteiger partial charge in [0, 0.05) is 35.5 Å². The van der Waals surface area contributed by atoms with E-state index in [9.17, 15) is 0 Å². The number of rotatable bonds is 5. The van der Waals surface area contributed by atoms with E-state index < -0.39 is 0 Å². The Hall–Kier alpha value is 0.01000. The van der Waals surface area contributed by atoms with Gasteiger partial charge in [-0.15, -0.1) is 0 Å². The normalized spacial score (nSPS) is 19.1. The Labute approximate surface area is 116 Å². The largest absolute Gasteiger partial charge is 0.381 e. The molecule has 1 heterocycles. The highest BCUT2D eigenvalue weighted by Gasteiger charge is 2.17. The van der Waals surface area contributed by atoms with E-state index in [1.54, 1.807) is 0 Å². The summed E-state index contributed by atoms with van der Waals surface area (Å²) in [6.45, 7) is 1.89. The quantitative estimate of drug-likeness (QED) is 0.757. The average Bonchev–Trinajstić information content (AvgIpc) is 2.42. The van der Waals surface area contributed by atoms with Crippen molar-refractivity contribution in [2.75, 3.05) is 24.3 Å². The molecular formula is C14H19BrOS. The van der Waals surface area contributed by atoms with Crippen molar-refractivity contribution in [2.24, 2.45) is 0 Å². The monoisotopic (exact) mass is 314 g/mol. The van der Waals surface area contributed by atoms with Crippen molar-refractivity contribution in [3.63, 3.8) is 0 Å². The molecule has 1 aromatic rings. The fraction of sp³-hybridized carbons (Fsp3) is 0.571. The van der Waals surface area contributed by atoms with Gasteiger partial charge in [-0.2, -0.15) is 11.8 Å². The second-order valence-corrected chi connectivity index (χ2v) is 6.39. The second-order valence-electron chi connectivity index (χ2n) is 4.41. The summed E-state index contributed by atoms with van der Waals surface area (Å²) < 4.78 is 5.39. The molecule has 1 unspecified atom stereocenters. The van der Waals surface area contributed by atoms with Crippen molar-refractivity contribution in [1.29, 1.82) is 0 Å².